The lowest BCUT2D eigenvalue weighted by atomic mass is 9.69. The van der Waals surface area contributed by atoms with E-state index in [1.165, 1.54) is 0 Å². The first-order valence-corrected chi connectivity index (χ1v) is 8.55. The van der Waals surface area contributed by atoms with Gasteiger partial charge in [0.1, 0.15) is 0 Å². The van der Waals surface area contributed by atoms with Crippen molar-refractivity contribution >= 4 is 11.8 Å². The van der Waals surface area contributed by atoms with Gasteiger partial charge in [0.15, 0.2) is 0 Å². The molecule has 0 spiro atoms. The van der Waals surface area contributed by atoms with Crippen LogP contribution in [0.1, 0.15) is 31.2 Å². The molecule has 0 unspecified atom stereocenters. The molecule has 0 bridgehead atoms. The highest BCUT2D eigenvalue weighted by molar-refractivity contribution is 5.89. The van der Waals surface area contributed by atoms with Crippen LogP contribution in [0, 0.1) is 11.3 Å². The number of amides is 2. The lowest BCUT2D eigenvalue weighted by Gasteiger charge is -2.43. The Kier molecular flexibility index (Phi) is 4.85. The van der Waals surface area contributed by atoms with Gasteiger partial charge in [-0.3, -0.25) is 14.6 Å². The molecule has 1 saturated heterocycles. The van der Waals surface area contributed by atoms with Crippen molar-refractivity contribution in [1.82, 2.24) is 14.8 Å². The van der Waals surface area contributed by atoms with Crippen molar-refractivity contribution < 1.29 is 14.7 Å². The van der Waals surface area contributed by atoms with Crippen LogP contribution in [0.25, 0.3) is 0 Å². The molecule has 1 N–H and O–H groups in total. The Balaban J connectivity index is 1.57. The molecular weight excluding hydrogens is 306 g/mol. The van der Waals surface area contributed by atoms with Crippen LogP contribution in [0.2, 0.25) is 0 Å². The summed E-state index contributed by atoms with van der Waals surface area (Å²) in [6, 6.07) is 3.77. The van der Waals surface area contributed by atoms with Crippen molar-refractivity contribution in [3.8, 4) is 0 Å². The summed E-state index contributed by atoms with van der Waals surface area (Å²) in [6.45, 7) is 1.70. The number of aromatic nitrogens is 1. The SMILES string of the molecule is CN(CC1(CO)CCC1)C(=O)[C@H]1CC(=O)N(Cc2ccncc2)C1. The summed E-state index contributed by atoms with van der Waals surface area (Å²) < 4.78 is 0. The van der Waals surface area contributed by atoms with E-state index in [-0.39, 0.29) is 36.2 Å². The van der Waals surface area contributed by atoms with Gasteiger partial charge < -0.3 is 14.9 Å². The van der Waals surface area contributed by atoms with Crippen molar-refractivity contribution in [2.45, 2.75) is 32.2 Å². The fourth-order valence-electron chi connectivity index (χ4n) is 3.73. The predicted octanol–water partition coefficient (Wildman–Crippen LogP) is 1.05. The van der Waals surface area contributed by atoms with E-state index in [9.17, 15) is 14.7 Å². The summed E-state index contributed by atoms with van der Waals surface area (Å²) in [5.41, 5.74) is 0.900. The number of rotatable bonds is 6. The Hall–Kier alpha value is -1.95. The quantitative estimate of drug-likeness (QED) is 0.846. The van der Waals surface area contributed by atoms with E-state index in [1.54, 1.807) is 29.2 Å². The topological polar surface area (TPSA) is 73.7 Å². The molecule has 1 aliphatic carbocycles. The van der Waals surface area contributed by atoms with Crippen LogP contribution in [0.4, 0.5) is 0 Å². The normalized spacial score (nSPS) is 22.3. The van der Waals surface area contributed by atoms with E-state index in [0.29, 0.717) is 19.6 Å². The molecule has 6 heteroatoms. The van der Waals surface area contributed by atoms with Gasteiger partial charge in [0.25, 0.3) is 0 Å². The molecule has 2 heterocycles. The molecular formula is C18H25N3O3. The van der Waals surface area contributed by atoms with E-state index < -0.39 is 0 Å². The van der Waals surface area contributed by atoms with Crippen LogP contribution in [0.5, 0.6) is 0 Å². The maximum atomic E-state index is 12.7. The fraction of sp³-hybridized carbons (Fsp3) is 0.611. The minimum atomic E-state index is -0.278. The van der Waals surface area contributed by atoms with Crippen LogP contribution < -0.4 is 0 Å². The smallest absolute Gasteiger partial charge is 0.227 e. The second-order valence-electron chi connectivity index (χ2n) is 7.24. The number of aliphatic hydroxyl groups excluding tert-OH is 1. The van der Waals surface area contributed by atoms with Crippen molar-refractivity contribution in [3.63, 3.8) is 0 Å². The van der Waals surface area contributed by atoms with Crippen molar-refractivity contribution in [2.24, 2.45) is 11.3 Å². The third kappa shape index (κ3) is 3.43. The molecule has 2 aliphatic rings. The molecule has 1 aromatic heterocycles. The molecule has 1 aliphatic heterocycles. The standard InChI is InChI=1S/C18H25N3O3/c1-20(12-18(13-22)5-2-6-18)17(24)15-9-16(23)21(11-15)10-14-3-7-19-8-4-14/h3-4,7-8,15,22H,2,5-6,9-13H2,1H3/t15-/m0/s1. The van der Waals surface area contributed by atoms with Gasteiger partial charge in [0.2, 0.25) is 11.8 Å². The molecule has 130 valence electrons. The second-order valence-corrected chi connectivity index (χ2v) is 7.24. The highest BCUT2D eigenvalue weighted by atomic mass is 16.3. The lowest BCUT2D eigenvalue weighted by Crippen LogP contribution is -2.47. The molecule has 3 rings (SSSR count). The van der Waals surface area contributed by atoms with Gasteiger partial charge in [0, 0.05) is 50.9 Å². The van der Waals surface area contributed by atoms with E-state index in [4.69, 9.17) is 0 Å². The van der Waals surface area contributed by atoms with E-state index in [1.807, 2.05) is 12.1 Å². The van der Waals surface area contributed by atoms with Gasteiger partial charge in [-0.25, -0.2) is 0 Å². The van der Waals surface area contributed by atoms with Crippen LogP contribution in [0.15, 0.2) is 24.5 Å². The number of carbonyl (C=O) groups is 2. The third-order valence-corrected chi connectivity index (χ3v) is 5.38. The molecule has 24 heavy (non-hydrogen) atoms. The van der Waals surface area contributed by atoms with Crippen molar-refractivity contribution in [3.05, 3.63) is 30.1 Å². The summed E-state index contributed by atoms with van der Waals surface area (Å²) in [5.74, 6) is -0.237. The highest BCUT2D eigenvalue weighted by Crippen LogP contribution is 2.41. The maximum Gasteiger partial charge on any atom is 0.227 e. The summed E-state index contributed by atoms with van der Waals surface area (Å²) in [6.07, 6.45) is 6.75. The van der Waals surface area contributed by atoms with Gasteiger partial charge in [-0.15, -0.1) is 0 Å². The summed E-state index contributed by atoms with van der Waals surface area (Å²) in [4.78, 5) is 32.3. The zero-order valence-electron chi connectivity index (χ0n) is 14.1. The number of nitrogens with zero attached hydrogens (tertiary/aromatic N) is 3. The van der Waals surface area contributed by atoms with Crippen LogP contribution >= 0.6 is 0 Å². The molecule has 0 aromatic carbocycles. The third-order valence-electron chi connectivity index (χ3n) is 5.38. The van der Waals surface area contributed by atoms with Gasteiger partial charge >= 0.3 is 0 Å². The van der Waals surface area contributed by atoms with Gasteiger partial charge in [0.05, 0.1) is 12.5 Å². The summed E-state index contributed by atoms with van der Waals surface area (Å²) in [5, 5.41) is 9.58. The molecule has 1 atom stereocenters. The summed E-state index contributed by atoms with van der Waals surface area (Å²) in [7, 11) is 1.79. The van der Waals surface area contributed by atoms with Crippen LogP contribution in [0.3, 0.4) is 0 Å². The minimum absolute atomic E-state index is 0.0142. The molecule has 2 fully saturated rings. The molecule has 0 radical (unpaired) electrons. The molecule has 2 amide bonds. The Morgan fingerprint density at radius 3 is 2.71 bits per heavy atom. The van der Waals surface area contributed by atoms with E-state index >= 15 is 0 Å². The number of carbonyl (C=O) groups excluding carboxylic acids is 2. The first kappa shape index (κ1) is 16.9. The van der Waals surface area contributed by atoms with Crippen molar-refractivity contribution in [2.75, 3.05) is 26.7 Å². The number of hydrogen-bond donors (Lipinski definition) is 1. The Labute approximate surface area is 142 Å². The first-order valence-electron chi connectivity index (χ1n) is 8.55. The second kappa shape index (κ2) is 6.89. The van der Waals surface area contributed by atoms with Crippen LogP contribution in [-0.2, 0) is 16.1 Å². The Morgan fingerprint density at radius 2 is 2.12 bits per heavy atom. The largest absolute Gasteiger partial charge is 0.396 e. The average molecular weight is 331 g/mol. The average Bonchev–Trinajstić information content (AvgIpc) is 2.92. The molecule has 1 saturated carbocycles. The first-order chi connectivity index (χ1) is 11.5. The molecule has 1 aromatic rings. The van der Waals surface area contributed by atoms with Gasteiger partial charge in [-0.05, 0) is 30.5 Å². The Morgan fingerprint density at radius 1 is 1.42 bits per heavy atom. The Bertz CT molecular complexity index is 595. The lowest BCUT2D eigenvalue weighted by molar-refractivity contribution is -0.137. The van der Waals surface area contributed by atoms with Crippen molar-refractivity contribution in [1.29, 1.82) is 0 Å². The zero-order valence-corrected chi connectivity index (χ0v) is 14.1. The summed E-state index contributed by atoms with van der Waals surface area (Å²) >= 11 is 0. The van der Waals surface area contributed by atoms with E-state index in [0.717, 1.165) is 24.8 Å². The number of likely N-dealkylation sites (tertiary alicyclic amines) is 1. The monoisotopic (exact) mass is 331 g/mol. The predicted molar refractivity (Wildman–Crippen MR) is 88.8 cm³/mol. The van der Waals surface area contributed by atoms with E-state index in [2.05, 4.69) is 4.98 Å². The number of hydrogen-bond acceptors (Lipinski definition) is 4. The van der Waals surface area contributed by atoms with Crippen LogP contribution in [-0.4, -0.2) is 58.4 Å². The van der Waals surface area contributed by atoms with Gasteiger partial charge in [-0.2, -0.15) is 0 Å². The number of pyridine rings is 1. The zero-order chi connectivity index (χ0) is 17.2. The fourth-order valence-corrected chi connectivity index (χ4v) is 3.73. The van der Waals surface area contributed by atoms with Gasteiger partial charge in [-0.1, -0.05) is 6.42 Å². The molecule has 6 nitrogen and oxygen atoms in total. The minimum Gasteiger partial charge on any atom is -0.396 e. The highest BCUT2D eigenvalue weighted by Gasteiger charge is 2.41. The maximum absolute atomic E-state index is 12.7. The number of aliphatic hydroxyl groups is 1.